The van der Waals surface area contributed by atoms with E-state index in [1.807, 2.05) is 38.1 Å². The van der Waals surface area contributed by atoms with Crippen LogP contribution in [0.15, 0.2) is 57.0 Å². The highest BCUT2D eigenvalue weighted by Crippen LogP contribution is 2.34. The number of hydrogen-bond donors (Lipinski definition) is 5. The molecule has 1 aromatic heterocycles. The summed E-state index contributed by atoms with van der Waals surface area (Å²) in [7, 11) is 0. The molecule has 0 radical (unpaired) electrons. The molecule has 0 aliphatic heterocycles. The third-order valence-electron chi connectivity index (χ3n) is 5.36. The van der Waals surface area contributed by atoms with Crippen LogP contribution in [0.4, 0.5) is 11.5 Å². The lowest BCUT2D eigenvalue weighted by atomic mass is 10.0. The number of hydrogen-bond acceptors (Lipinski definition) is 8. The van der Waals surface area contributed by atoms with E-state index in [9.17, 15) is 19.5 Å². The standard InChI is InChI=1S/C25H28BrN7O4/c1-14(2)31-23-24(35)33(13-19(34)29-12-16-8-6-15(7-9-16)10-11-30-28)21(22(26)32-23)20-17(25(36)37)4-3-5-18(20)27/h3-9,11,14H,10,12-13,27-28H2,1-2H3,(H,29,34)(H,31,32)(H,36,37). The van der Waals surface area contributed by atoms with Gasteiger partial charge in [-0.25, -0.2) is 9.78 Å². The third-order valence-corrected chi connectivity index (χ3v) is 5.91. The van der Waals surface area contributed by atoms with Crippen LogP contribution in [0.5, 0.6) is 0 Å². The Kier molecular flexibility index (Phi) is 9.01. The van der Waals surface area contributed by atoms with Crippen LogP contribution in [0.2, 0.25) is 0 Å². The topological polar surface area (TPSA) is 178 Å². The predicted octanol–water partition coefficient (Wildman–Crippen LogP) is 2.58. The molecule has 37 heavy (non-hydrogen) atoms. The van der Waals surface area contributed by atoms with Gasteiger partial charge in [0.05, 0.1) is 11.3 Å². The number of nitrogens with one attached hydrogen (secondary N) is 2. The fourth-order valence-electron chi connectivity index (χ4n) is 3.66. The number of halogens is 1. The molecule has 3 rings (SSSR count). The molecule has 3 aromatic rings. The van der Waals surface area contributed by atoms with Gasteiger partial charge in [0.25, 0.3) is 5.56 Å². The van der Waals surface area contributed by atoms with Crippen molar-refractivity contribution in [2.75, 3.05) is 11.1 Å². The normalized spacial score (nSPS) is 11.1. The van der Waals surface area contributed by atoms with Crippen molar-refractivity contribution in [3.8, 4) is 11.3 Å². The van der Waals surface area contributed by atoms with E-state index >= 15 is 0 Å². The largest absolute Gasteiger partial charge is 0.478 e. The van der Waals surface area contributed by atoms with Gasteiger partial charge in [-0.05, 0) is 53.0 Å². The van der Waals surface area contributed by atoms with Gasteiger partial charge in [0, 0.05) is 36.5 Å². The number of carboxylic acids is 1. The minimum absolute atomic E-state index is 0.0152. The summed E-state index contributed by atoms with van der Waals surface area (Å²) in [5.74, 6) is 3.46. The predicted molar refractivity (Wildman–Crippen MR) is 146 cm³/mol. The van der Waals surface area contributed by atoms with Gasteiger partial charge in [-0.15, -0.1) is 0 Å². The summed E-state index contributed by atoms with van der Waals surface area (Å²) in [6.07, 6.45) is 2.19. The molecule has 1 amide bonds. The van der Waals surface area contributed by atoms with E-state index in [0.29, 0.717) is 6.42 Å². The average molecular weight is 570 g/mol. The van der Waals surface area contributed by atoms with Crippen molar-refractivity contribution in [2.45, 2.75) is 39.4 Å². The van der Waals surface area contributed by atoms with Crippen molar-refractivity contribution in [1.29, 1.82) is 0 Å². The SMILES string of the molecule is CC(C)Nc1nc(Br)c(-c2c(N)cccc2C(=O)O)n(CC(=O)NCc2ccc(CC=NN)cc2)c1=O. The molecule has 12 heteroatoms. The summed E-state index contributed by atoms with van der Waals surface area (Å²) in [6.45, 7) is 3.52. The number of carboxylic acid groups (broad SMARTS) is 1. The van der Waals surface area contributed by atoms with Crippen LogP contribution in [0, 0.1) is 0 Å². The number of rotatable bonds is 10. The fraction of sp³-hybridized carbons (Fsp3) is 0.240. The lowest BCUT2D eigenvalue weighted by Crippen LogP contribution is -2.35. The summed E-state index contributed by atoms with van der Waals surface area (Å²) >= 11 is 3.36. The Morgan fingerprint density at radius 2 is 1.86 bits per heavy atom. The Morgan fingerprint density at radius 1 is 1.19 bits per heavy atom. The molecular weight excluding hydrogens is 542 g/mol. The molecule has 0 saturated carbocycles. The summed E-state index contributed by atoms with van der Waals surface area (Å²) in [5, 5.41) is 19.0. The van der Waals surface area contributed by atoms with Gasteiger partial charge in [-0.2, -0.15) is 5.10 Å². The molecule has 194 valence electrons. The number of carbonyl (C=O) groups is 2. The molecule has 0 aliphatic rings. The van der Waals surface area contributed by atoms with Gasteiger partial charge in [0.2, 0.25) is 5.91 Å². The summed E-state index contributed by atoms with van der Waals surface area (Å²) in [4.78, 5) is 42.6. The molecular formula is C25H28BrN7O4. The molecule has 0 saturated heterocycles. The van der Waals surface area contributed by atoms with Crippen LogP contribution >= 0.6 is 15.9 Å². The first-order valence-corrected chi connectivity index (χ1v) is 12.2. The van der Waals surface area contributed by atoms with E-state index in [2.05, 4.69) is 36.6 Å². The van der Waals surface area contributed by atoms with Crippen LogP contribution in [0.1, 0.15) is 35.3 Å². The quantitative estimate of drug-likeness (QED) is 0.107. The minimum Gasteiger partial charge on any atom is -0.478 e. The van der Waals surface area contributed by atoms with Gasteiger partial charge in [-0.3, -0.25) is 14.2 Å². The first kappa shape index (κ1) is 27.4. The monoisotopic (exact) mass is 569 g/mol. The van der Waals surface area contributed by atoms with Gasteiger partial charge in [-0.1, -0.05) is 30.3 Å². The van der Waals surface area contributed by atoms with Crippen LogP contribution in [0.25, 0.3) is 11.3 Å². The summed E-state index contributed by atoms with van der Waals surface area (Å²) in [5.41, 5.74) is 7.61. The zero-order valence-electron chi connectivity index (χ0n) is 20.4. The lowest BCUT2D eigenvalue weighted by Gasteiger charge is -2.19. The highest BCUT2D eigenvalue weighted by Gasteiger charge is 2.24. The number of nitrogens with zero attached hydrogens (tertiary/aromatic N) is 3. The highest BCUT2D eigenvalue weighted by atomic mass is 79.9. The Morgan fingerprint density at radius 3 is 2.49 bits per heavy atom. The van der Waals surface area contributed by atoms with Crippen molar-refractivity contribution < 1.29 is 14.7 Å². The Labute approximate surface area is 221 Å². The molecule has 0 aliphatic carbocycles. The van der Waals surface area contributed by atoms with Gasteiger partial charge >= 0.3 is 5.97 Å². The number of amides is 1. The summed E-state index contributed by atoms with van der Waals surface area (Å²) < 4.78 is 1.34. The molecule has 0 atom stereocenters. The Balaban J connectivity index is 1.98. The molecule has 0 unspecified atom stereocenters. The van der Waals surface area contributed by atoms with Crippen LogP contribution in [-0.4, -0.2) is 38.8 Å². The zero-order chi connectivity index (χ0) is 27.1. The maximum absolute atomic E-state index is 13.4. The fourth-order valence-corrected chi connectivity index (χ4v) is 4.25. The zero-order valence-corrected chi connectivity index (χ0v) is 21.9. The maximum atomic E-state index is 13.4. The number of hydrazone groups is 1. The Hall–Kier alpha value is -4.19. The van der Waals surface area contributed by atoms with Crippen LogP contribution < -0.4 is 27.8 Å². The molecule has 0 spiro atoms. The molecule has 7 N–H and O–H groups in total. The second-order valence-electron chi connectivity index (χ2n) is 8.49. The van der Waals surface area contributed by atoms with Gasteiger partial charge < -0.3 is 27.3 Å². The number of nitrogen functional groups attached to an aromatic ring is 1. The van der Waals surface area contributed by atoms with Crippen molar-refractivity contribution in [2.24, 2.45) is 10.9 Å². The lowest BCUT2D eigenvalue weighted by molar-refractivity contribution is -0.121. The van der Waals surface area contributed by atoms with Crippen LogP contribution in [-0.2, 0) is 24.3 Å². The first-order valence-electron chi connectivity index (χ1n) is 11.4. The molecule has 11 nitrogen and oxygen atoms in total. The number of aromatic nitrogens is 2. The second-order valence-corrected chi connectivity index (χ2v) is 9.25. The van der Waals surface area contributed by atoms with E-state index in [0.717, 1.165) is 11.1 Å². The van der Waals surface area contributed by atoms with Crippen LogP contribution in [0.3, 0.4) is 0 Å². The third kappa shape index (κ3) is 6.73. The van der Waals surface area contributed by atoms with Crippen molar-refractivity contribution in [1.82, 2.24) is 14.9 Å². The highest BCUT2D eigenvalue weighted by molar-refractivity contribution is 9.10. The molecule has 0 bridgehead atoms. The second kappa shape index (κ2) is 12.2. The van der Waals surface area contributed by atoms with Crippen molar-refractivity contribution >= 4 is 45.5 Å². The maximum Gasteiger partial charge on any atom is 0.336 e. The van der Waals surface area contributed by atoms with E-state index in [1.165, 1.54) is 22.8 Å². The van der Waals surface area contributed by atoms with Crippen molar-refractivity contribution in [3.63, 3.8) is 0 Å². The molecule has 1 heterocycles. The number of benzene rings is 2. The van der Waals surface area contributed by atoms with E-state index in [-0.39, 0.29) is 52.1 Å². The van der Waals surface area contributed by atoms with Gasteiger partial charge in [0.15, 0.2) is 5.82 Å². The van der Waals surface area contributed by atoms with E-state index < -0.39 is 17.4 Å². The van der Waals surface area contributed by atoms with E-state index in [1.54, 1.807) is 6.21 Å². The Bertz CT molecular complexity index is 1390. The number of carbonyl (C=O) groups excluding carboxylic acids is 1. The van der Waals surface area contributed by atoms with E-state index in [4.69, 9.17) is 11.6 Å². The first-order chi connectivity index (χ1) is 17.6. The van der Waals surface area contributed by atoms with Gasteiger partial charge in [0.1, 0.15) is 11.1 Å². The number of nitrogens with two attached hydrogens (primary N) is 2. The minimum atomic E-state index is -1.23. The molecule has 0 fully saturated rings. The average Bonchev–Trinajstić information content (AvgIpc) is 2.85. The van der Waals surface area contributed by atoms with Crippen molar-refractivity contribution in [3.05, 3.63) is 74.1 Å². The number of aromatic carboxylic acids is 1. The smallest absolute Gasteiger partial charge is 0.336 e. The molecule has 2 aromatic carbocycles. The summed E-state index contributed by atoms with van der Waals surface area (Å²) in [6, 6.07) is 11.8. The number of anilines is 2.